The second-order valence-corrected chi connectivity index (χ2v) is 7.42. The van der Waals surface area contributed by atoms with Crippen LogP contribution in [-0.2, 0) is 9.53 Å². The molecule has 1 N–H and O–H groups in total. The largest absolute Gasteiger partial charge is 0.394 e. The average molecular weight is 405 g/mol. The number of aliphatic hydroxyl groups is 1. The number of aromatic nitrogens is 1. The van der Waals surface area contributed by atoms with E-state index in [1.54, 1.807) is 41.4 Å². The van der Waals surface area contributed by atoms with Crippen LogP contribution in [0.2, 0.25) is 0 Å². The first kappa shape index (κ1) is 20.1. The number of methoxy groups -OCH3 is 1. The number of carbonyl (C=O) groups excluding carboxylic acids is 2. The molecular formula is C23H23N3O4. The number of amides is 2. The Labute approximate surface area is 175 Å². The second kappa shape index (κ2) is 8.66. The van der Waals surface area contributed by atoms with Crippen molar-refractivity contribution in [2.45, 2.75) is 18.0 Å². The van der Waals surface area contributed by atoms with Gasteiger partial charge in [-0.3, -0.25) is 14.6 Å². The molecule has 7 heteroatoms. The van der Waals surface area contributed by atoms with E-state index < -0.39 is 0 Å². The molecule has 1 aromatic carbocycles. The Morgan fingerprint density at radius 3 is 2.63 bits per heavy atom. The minimum atomic E-state index is -0.272. The summed E-state index contributed by atoms with van der Waals surface area (Å²) in [6.45, 7) is 0.719. The number of fused-ring (bicyclic) bond motifs is 1. The number of hydrogen-bond acceptors (Lipinski definition) is 5. The van der Waals surface area contributed by atoms with Gasteiger partial charge in [0.2, 0.25) is 5.91 Å². The molecule has 2 fully saturated rings. The van der Waals surface area contributed by atoms with Crippen molar-refractivity contribution in [1.29, 1.82) is 0 Å². The summed E-state index contributed by atoms with van der Waals surface area (Å²) >= 11 is 0. The van der Waals surface area contributed by atoms with Crippen molar-refractivity contribution in [1.82, 2.24) is 14.8 Å². The molecule has 2 saturated heterocycles. The minimum absolute atomic E-state index is 0.0227. The summed E-state index contributed by atoms with van der Waals surface area (Å²) in [6.07, 6.45) is 3.13. The van der Waals surface area contributed by atoms with Gasteiger partial charge in [-0.15, -0.1) is 0 Å². The molecule has 30 heavy (non-hydrogen) atoms. The van der Waals surface area contributed by atoms with Crippen molar-refractivity contribution in [3.8, 4) is 11.8 Å². The summed E-state index contributed by atoms with van der Waals surface area (Å²) in [5.41, 5.74) is 2.42. The van der Waals surface area contributed by atoms with E-state index in [-0.39, 0.29) is 43.0 Å². The van der Waals surface area contributed by atoms with Gasteiger partial charge in [0.1, 0.15) is 13.2 Å². The molecule has 3 atom stereocenters. The molecule has 4 rings (SSSR count). The van der Waals surface area contributed by atoms with E-state index in [1.807, 2.05) is 24.3 Å². The summed E-state index contributed by atoms with van der Waals surface area (Å²) in [4.78, 5) is 32.8. The van der Waals surface area contributed by atoms with Gasteiger partial charge in [-0.25, -0.2) is 0 Å². The standard InChI is InChI=1S/C23H23N3O4/c1-30-12-2-3-16-4-6-17(7-5-16)22-19-13-25(14-21(28)26(19)20(22)15-27)23(29)18-8-10-24-11-9-18/h4-11,19-20,22,27H,12-15H2,1H3/t19-,20-,22-/m0/s1. The molecule has 0 saturated carbocycles. The summed E-state index contributed by atoms with van der Waals surface area (Å²) in [5, 5.41) is 9.91. The summed E-state index contributed by atoms with van der Waals surface area (Å²) < 4.78 is 4.94. The van der Waals surface area contributed by atoms with E-state index in [1.165, 1.54) is 0 Å². The van der Waals surface area contributed by atoms with Crippen LogP contribution in [0.1, 0.15) is 27.4 Å². The number of rotatable bonds is 4. The van der Waals surface area contributed by atoms with Crippen molar-refractivity contribution in [2.75, 3.05) is 33.4 Å². The first-order valence-electron chi connectivity index (χ1n) is 9.83. The lowest BCUT2D eigenvalue weighted by Gasteiger charge is -2.58. The Balaban J connectivity index is 1.54. The van der Waals surface area contributed by atoms with E-state index >= 15 is 0 Å². The fourth-order valence-corrected chi connectivity index (χ4v) is 4.33. The predicted molar refractivity (Wildman–Crippen MR) is 110 cm³/mol. The highest BCUT2D eigenvalue weighted by atomic mass is 16.5. The SMILES string of the molecule is COCC#Cc1ccc([C@@H]2[C@H](CO)N3C(=O)CN(C(=O)c4ccncc4)C[C@@H]23)cc1. The lowest BCUT2D eigenvalue weighted by Crippen LogP contribution is -2.73. The number of hydrogen-bond donors (Lipinski definition) is 1. The van der Waals surface area contributed by atoms with E-state index in [0.29, 0.717) is 18.7 Å². The maximum atomic E-state index is 12.8. The third kappa shape index (κ3) is 3.67. The van der Waals surface area contributed by atoms with Gasteiger partial charge in [-0.1, -0.05) is 24.0 Å². The number of pyridine rings is 1. The molecule has 1 aromatic heterocycles. The maximum Gasteiger partial charge on any atom is 0.254 e. The second-order valence-electron chi connectivity index (χ2n) is 7.42. The first-order valence-corrected chi connectivity index (χ1v) is 9.83. The van der Waals surface area contributed by atoms with Crippen LogP contribution in [0, 0.1) is 11.8 Å². The van der Waals surface area contributed by atoms with Gasteiger partial charge in [0.05, 0.1) is 18.7 Å². The van der Waals surface area contributed by atoms with Gasteiger partial charge in [-0.2, -0.15) is 0 Å². The average Bonchev–Trinajstić information content (AvgIpc) is 2.76. The fraction of sp³-hybridized carbons (Fsp3) is 0.348. The van der Waals surface area contributed by atoms with Crippen LogP contribution in [0.3, 0.4) is 0 Å². The fourth-order valence-electron chi connectivity index (χ4n) is 4.33. The Morgan fingerprint density at radius 2 is 1.97 bits per heavy atom. The smallest absolute Gasteiger partial charge is 0.254 e. The van der Waals surface area contributed by atoms with Crippen LogP contribution in [0.5, 0.6) is 0 Å². The van der Waals surface area contributed by atoms with Crippen molar-refractivity contribution in [2.24, 2.45) is 0 Å². The van der Waals surface area contributed by atoms with Crippen molar-refractivity contribution in [3.63, 3.8) is 0 Å². The summed E-state index contributed by atoms with van der Waals surface area (Å²) in [5.74, 6) is 5.60. The monoisotopic (exact) mass is 405 g/mol. The quantitative estimate of drug-likeness (QED) is 0.764. The van der Waals surface area contributed by atoms with E-state index in [0.717, 1.165) is 11.1 Å². The van der Waals surface area contributed by atoms with Gasteiger partial charge < -0.3 is 19.6 Å². The Hall–Kier alpha value is -3.21. The highest BCUT2D eigenvalue weighted by Crippen LogP contribution is 2.43. The molecule has 2 aliphatic heterocycles. The van der Waals surface area contributed by atoms with Crippen LogP contribution < -0.4 is 0 Å². The topological polar surface area (TPSA) is 83.0 Å². The van der Waals surface area contributed by atoms with Gasteiger partial charge in [0, 0.05) is 43.1 Å². The molecule has 154 valence electrons. The summed E-state index contributed by atoms with van der Waals surface area (Å²) in [6, 6.07) is 10.7. The molecule has 7 nitrogen and oxygen atoms in total. The van der Waals surface area contributed by atoms with E-state index in [9.17, 15) is 14.7 Å². The van der Waals surface area contributed by atoms with Crippen LogP contribution >= 0.6 is 0 Å². The van der Waals surface area contributed by atoms with Gasteiger partial charge in [-0.05, 0) is 29.8 Å². The lowest BCUT2D eigenvalue weighted by molar-refractivity contribution is -0.159. The predicted octanol–water partition coefficient (Wildman–Crippen LogP) is 0.891. The van der Waals surface area contributed by atoms with E-state index in [4.69, 9.17) is 4.74 Å². The Morgan fingerprint density at radius 1 is 1.23 bits per heavy atom. The van der Waals surface area contributed by atoms with Gasteiger partial charge in [0.15, 0.2) is 0 Å². The maximum absolute atomic E-state index is 12.8. The van der Waals surface area contributed by atoms with Gasteiger partial charge in [0.25, 0.3) is 5.91 Å². The third-order valence-electron chi connectivity index (χ3n) is 5.71. The molecular weight excluding hydrogens is 382 g/mol. The zero-order valence-corrected chi connectivity index (χ0v) is 16.7. The third-order valence-corrected chi connectivity index (χ3v) is 5.71. The van der Waals surface area contributed by atoms with Crippen LogP contribution in [0.25, 0.3) is 0 Å². The highest BCUT2D eigenvalue weighted by molar-refractivity contribution is 5.97. The zero-order chi connectivity index (χ0) is 21.1. The number of benzene rings is 1. The normalized spacial score (nSPS) is 22.6. The van der Waals surface area contributed by atoms with Crippen molar-refractivity contribution < 1.29 is 19.4 Å². The molecule has 0 spiro atoms. The minimum Gasteiger partial charge on any atom is -0.394 e. The molecule has 0 unspecified atom stereocenters. The zero-order valence-electron chi connectivity index (χ0n) is 16.7. The lowest BCUT2D eigenvalue weighted by atomic mass is 9.73. The van der Waals surface area contributed by atoms with E-state index in [2.05, 4.69) is 16.8 Å². The van der Waals surface area contributed by atoms with Crippen molar-refractivity contribution >= 4 is 11.8 Å². The van der Waals surface area contributed by atoms with Crippen LogP contribution in [0.4, 0.5) is 0 Å². The summed E-state index contributed by atoms with van der Waals surface area (Å²) in [7, 11) is 1.60. The first-order chi connectivity index (χ1) is 14.6. The van der Waals surface area contributed by atoms with Crippen LogP contribution in [-0.4, -0.2) is 77.2 Å². The molecule has 0 bridgehead atoms. The molecule has 2 amide bonds. The number of nitrogens with zero attached hydrogens (tertiary/aromatic N) is 3. The Bertz CT molecular complexity index is 981. The van der Waals surface area contributed by atoms with Crippen LogP contribution in [0.15, 0.2) is 48.8 Å². The van der Waals surface area contributed by atoms with Gasteiger partial charge >= 0.3 is 0 Å². The number of ether oxygens (including phenoxy) is 1. The molecule has 2 aliphatic rings. The highest BCUT2D eigenvalue weighted by Gasteiger charge is 2.54. The number of piperazine rings is 1. The molecule has 0 radical (unpaired) electrons. The molecule has 0 aliphatic carbocycles. The molecule has 2 aromatic rings. The van der Waals surface area contributed by atoms with Crippen molar-refractivity contribution in [3.05, 3.63) is 65.5 Å². The number of aliphatic hydroxyl groups excluding tert-OH is 1. The Kier molecular flexibility index (Phi) is 5.79. The molecule has 3 heterocycles. The number of carbonyl (C=O) groups is 2.